The van der Waals surface area contributed by atoms with Gasteiger partial charge in [-0.2, -0.15) is 0 Å². The number of hydrogen-bond acceptors (Lipinski definition) is 4. The van der Waals surface area contributed by atoms with Crippen LogP contribution >= 0.6 is 0 Å². The lowest BCUT2D eigenvalue weighted by Gasteiger charge is -2.35. The number of carbonyl (C=O) groups excluding carboxylic acids is 2. The van der Waals surface area contributed by atoms with E-state index in [0.717, 1.165) is 36.4 Å². The number of unbranched alkanes of at least 4 members (excludes halogenated alkanes) is 1. The SMILES string of the molecule is CCCCN(CC(C)(C)NC(=O)[CH]CC(C)C(N)=O)c1ccc(OCc2ccccc2)cc1. The van der Waals surface area contributed by atoms with Crippen LogP contribution in [0.25, 0.3) is 0 Å². The number of hydrogen-bond donors (Lipinski definition) is 2. The zero-order chi connectivity index (χ0) is 24.3. The number of ether oxygens (including phenoxy) is 1. The number of nitrogens with two attached hydrogens (primary N) is 1. The molecule has 1 radical (unpaired) electrons. The van der Waals surface area contributed by atoms with Gasteiger partial charge in [-0.1, -0.05) is 50.6 Å². The van der Waals surface area contributed by atoms with Gasteiger partial charge in [-0.05, 0) is 56.5 Å². The Hall–Kier alpha value is -3.02. The molecule has 6 nitrogen and oxygen atoms in total. The molecule has 33 heavy (non-hydrogen) atoms. The number of nitrogens with one attached hydrogen (secondary N) is 1. The molecule has 0 fully saturated rings. The zero-order valence-electron chi connectivity index (χ0n) is 20.3. The van der Waals surface area contributed by atoms with E-state index in [2.05, 4.69) is 29.3 Å². The zero-order valence-corrected chi connectivity index (χ0v) is 20.3. The maximum Gasteiger partial charge on any atom is 0.224 e. The van der Waals surface area contributed by atoms with E-state index in [4.69, 9.17) is 10.5 Å². The summed E-state index contributed by atoms with van der Waals surface area (Å²) in [7, 11) is 0. The van der Waals surface area contributed by atoms with Crippen LogP contribution in [-0.2, 0) is 16.2 Å². The van der Waals surface area contributed by atoms with Gasteiger partial charge in [0.25, 0.3) is 0 Å². The van der Waals surface area contributed by atoms with Crippen molar-refractivity contribution in [2.45, 2.75) is 59.1 Å². The fraction of sp³-hybridized carbons (Fsp3) is 0.444. The minimum atomic E-state index is -0.459. The second-order valence-electron chi connectivity index (χ2n) is 9.16. The third-order valence-corrected chi connectivity index (χ3v) is 5.42. The van der Waals surface area contributed by atoms with Gasteiger partial charge in [0.15, 0.2) is 0 Å². The molecule has 179 valence electrons. The van der Waals surface area contributed by atoms with E-state index in [1.54, 1.807) is 6.92 Å². The fourth-order valence-electron chi connectivity index (χ4n) is 3.44. The Labute approximate surface area is 198 Å². The molecule has 2 rings (SSSR count). The Morgan fingerprint density at radius 3 is 2.39 bits per heavy atom. The molecule has 0 spiro atoms. The maximum atomic E-state index is 12.4. The second-order valence-corrected chi connectivity index (χ2v) is 9.16. The largest absolute Gasteiger partial charge is 0.489 e. The molecule has 6 heteroatoms. The molecule has 2 aromatic carbocycles. The highest BCUT2D eigenvalue weighted by Gasteiger charge is 2.25. The second kappa shape index (κ2) is 12.9. The van der Waals surface area contributed by atoms with Crippen molar-refractivity contribution in [3.05, 3.63) is 66.6 Å². The van der Waals surface area contributed by atoms with Crippen LogP contribution in [0.5, 0.6) is 5.75 Å². The number of rotatable bonds is 14. The first kappa shape index (κ1) is 26.2. The van der Waals surface area contributed by atoms with Crippen molar-refractivity contribution in [2.24, 2.45) is 11.7 Å². The molecule has 1 unspecified atom stereocenters. The van der Waals surface area contributed by atoms with Gasteiger partial charge in [0.05, 0.1) is 12.0 Å². The van der Waals surface area contributed by atoms with E-state index in [1.807, 2.05) is 56.3 Å². The van der Waals surface area contributed by atoms with Crippen molar-refractivity contribution in [3.8, 4) is 5.75 Å². The summed E-state index contributed by atoms with van der Waals surface area (Å²) >= 11 is 0. The van der Waals surface area contributed by atoms with E-state index in [-0.39, 0.29) is 11.8 Å². The Morgan fingerprint density at radius 1 is 1.12 bits per heavy atom. The first-order valence-corrected chi connectivity index (χ1v) is 11.7. The quantitative estimate of drug-likeness (QED) is 0.442. The first-order chi connectivity index (χ1) is 15.7. The standard InChI is InChI=1S/C27H38N3O3/c1-5-6-18-30(20-27(3,4)29-25(31)17-12-21(2)26(28)32)23-13-15-24(16-14-23)33-19-22-10-8-7-9-11-22/h7-11,13-17,21H,5-6,12,18-20H2,1-4H3,(H2,28,32)(H,29,31). The predicted octanol–water partition coefficient (Wildman–Crippen LogP) is 4.48. The van der Waals surface area contributed by atoms with Gasteiger partial charge in [0, 0.05) is 24.7 Å². The maximum absolute atomic E-state index is 12.4. The van der Waals surface area contributed by atoms with Crippen LogP contribution in [0, 0.1) is 12.3 Å². The molecule has 0 saturated carbocycles. The van der Waals surface area contributed by atoms with Gasteiger partial charge in [0.2, 0.25) is 11.8 Å². The van der Waals surface area contributed by atoms with E-state index in [0.29, 0.717) is 19.6 Å². The summed E-state index contributed by atoms with van der Waals surface area (Å²) in [6, 6.07) is 18.2. The summed E-state index contributed by atoms with van der Waals surface area (Å²) in [6.45, 7) is 9.98. The van der Waals surface area contributed by atoms with Crippen molar-refractivity contribution in [2.75, 3.05) is 18.0 Å². The average Bonchev–Trinajstić information content (AvgIpc) is 2.79. The lowest BCUT2D eigenvalue weighted by atomic mass is 10.0. The number of carbonyl (C=O) groups is 2. The Balaban J connectivity index is 1.97. The van der Waals surface area contributed by atoms with Gasteiger partial charge in [-0.3, -0.25) is 9.59 Å². The Morgan fingerprint density at radius 2 is 1.79 bits per heavy atom. The van der Waals surface area contributed by atoms with Crippen molar-refractivity contribution >= 4 is 17.5 Å². The fourth-order valence-corrected chi connectivity index (χ4v) is 3.44. The van der Waals surface area contributed by atoms with Crippen molar-refractivity contribution < 1.29 is 14.3 Å². The van der Waals surface area contributed by atoms with Gasteiger partial charge in [0.1, 0.15) is 12.4 Å². The minimum absolute atomic E-state index is 0.187. The number of anilines is 1. The molecule has 0 aliphatic heterocycles. The molecular formula is C27H38N3O3. The number of amides is 2. The van der Waals surface area contributed by atoms with E-state index in [9.17, 15) is 9.59 Å². The minimum Gasteiger partial charge on any atom is -0.489 e. The van der Waals surface area contributed by atoms with Crippen molar-refractivity contribution in [3.63, 3.8) is 0 Å². The highest BCUT2D eigenvalue weighted by Crippen LogP contribution is 2.23. The van der Waals surface area contributed by atoms with Crippen LogP contribution in [-0.4, -0.2) is 30.4 Å². The third-order valence-electron chi connectivity index (χ3n) is 5.42. The van der Waals surface area contributed by atoms with E-state index in [1.165, 1.54) is 6.42 Å². The van der Waals surface area contributed by atoms with Crippen LogP contribution in [0.3, 0.4) is 0 Å². The average molecular weight is 453 g/mol. The van der Waals surface area contributed by atoms with Crippen LogP contribution < -0.4 is 20.7 Å². The summed E-state index contributed by atoms with van der Waals surface area (Å²) in [4.78, 5) is 25.9. The molecule has 0 heterocycles. The Kier molecular flexibility index (Phi) is 10.2. The topological polar surface area (TPSA) is 84.7 Å². The van der Waals surface area contributed by atoms with Crippen LogP contribution in [0.4, 0.5) is 5.69 Å². The summed E-state index contributed by atoms with van der Waals surface area (Å²) in [5, 5.41) is 3.06. The highest BCUT2D eigenvalue weighted by molar-refractivity contribution is 5.86. The molecule has 0 aliphatic carbocycles. The molecule has 0 bridgehead atoms. The van der Waals surface area contributed by atoms with Crippen LogP contribution in [0.1, 0.15) is 52.5 Å². The van der Waals surface area contributed by atoms with Crippen molar-refractivity contribution in [1.82, 2.24) is 5.32 Å². The third kappa shape index (κ3) is 9.56. The highest BCUT2D eigenvalue weighted by atomic mass is 16.5. The number of primary amides is 1. The van der Waals surface area contributed by atoms with Crippen LogP contribution in [0.2, 0.25) is 0 Å². The molecular weight excluding hydrogens is 414 g/mol. The monoisotopic (exact) mass is 452 g/mol. The normalized spacial score (nSPS) is 12.1. The molecule has 3 N–H and O–H groups in total. The smallest absolute Gasteiger partial charge is 0.224 e. The lowest BCUT2D eigenvalue weighted by Crippen LogP contribution is -2.52. The summed E-state index contributed by atoms with van der Waals surface area (Å²) in [5.41, 5.74) is 7.04. The molecule has 1 atom stereocenters. The predicted molar refractivity (Wildman–Crippen MR) is 134 cm³/mol. The van der Waals surface area contributed by atoms with Gasteiger partial charge in [-0.25, -0.2) is 0 Å². The van der Waals surface area contributed by atoms with Gasteiger partial charge < -0.3 is 20.7 Å². The van der Waals surface area contributed by atoms with Crippen LogP contribution in [0.15, 0.2) is 54.6 Å². The van der Waals surface area contributed by atoms with Gasteiger partial charge in [-0.15, -0.1) is 0 Å². The first-order valence-electron chi connectivity index (χ1n) is 11.7. The van der Waals surface area contributed by atoms with E-state index >= 15 is 0 Å². The summed E-state index contributed by atoms with van der Waals surface area (Å²) in [6.07, 6.45) is 3.98. The molecule has 0 aromatic heterocycles. The van der Waals surface area contributed by atoms with Gasteiger partial charge >= 0.3 is 0 Å². The van der Waals surface area contributed by atoms with E-state index < -0.39 is 11.4 Å². The molecule has 2 amide bonds. The summed E-state index contributed by atoms with van der Waals surface area (Å²) in [5.74, 6) is -0.125. The molecule has 0 aliphatic rings. The number of benzene rings is 2. The lowest BCUT2D eigenvalue weighted by molar-refractivity contribution is -0.121. The number of nitrogens with zero attached hydrogens (tertiary/aromatic N) is 1. The molecule has 2 aromatic rings. The molecule has 0 saturated heterocycles. The summed E-state index contributed by atoms with van der Waals surface area (Å²) < 4.78 is 5.91. The van der Waals surface area contributed by atoms with Crippen molar-refractivity contribution in [1.29, 1.82) is 0 Å². The Bertz CT molecular complexity index is 866.